The molecule has 0 saturated carbocycles. The standard InChI is InChI=1S/C36H37FO5/c1-27(37)33-35(40-24-30-18-10-4-11-19-30)36(41-25-31-20-12-5-13-21-31)34(39-23-29-16-8-3-9-17-29)32(42-33)26-38-22-28-14-6-2-7-15-28/h2-21,32,34-36H,22-26H2,1H3/t32-,34-,35+,36+/m1/s1. The summed E-state index contributed by atoms with van der Waals surface area (Å²) in [6.07, 6.45) is -2.73. The number of ether oxygens (including phenoxy) is 5. The highest BCUT2D eigenvalue weighted by Gasteiger charge is 2.47. The third-order valence-electron chi connectivity index (χ3n) is 7.10. The lowest BCUT2D eigenvalue weighted by Gasteiger charge is -2.43. The average molecular weight is 569 g/mol. The summed E-state index contributed by atoms with van der Waals surface area (Å²) in [7, 11) is 0. The first-order valence-corrected chi connectivity index (χ1v) is 14.3. The van der Waals surface area contributed by atoms with Crippen LogP contribution in [0.15, 0.2) is 133 Å². The Morgan fingerprint density at radius 3 is 1.43 bits per heavy atom. The molecule has 1 aliphatic rings. The highest BCUT2D eigenvalue weighted by Crippen LogP contribution is 2.34. The summed E-state index contributed by atoms with van der Waals surface area (Å²) in [4.78, 5) is 0. The molecule has 0 spiro atoms. The molecule has 0 bridgehead atoms. The molecule has 42 heavy (non-hydrogen) atoms. The fourth-order valence-electron chi connectivity index (χ4n) is 4.95. The maximum atomic E-state index is 15.2. The van der Waals surface area contributed by atoms with Gasteiger partial charge in [-0.15, -0.1) is 0 Å². The van der Waals surface area contributed by atoms with Gasteiger partial charge in [-0.3, -0.25) is 0 Å². The van der Waals surface area contributed by atoms with Crippen molar-refractivity contribution in [2.75, 3.05) is 6.61 Å². The first-order chi connectivity index (χ1) is 20.7. The molecule has 1 saturated heterocycles. The SMILES string of the molecule is CC(F)=C1O[C@H](COCc2ccccc2)[C@@H](OCc2ccccc2)[C@H](OCc2ccccc2)[C@H]1OCc1ccccc1. The Labute approximate surface area is 247 Å². The predicted octanol–water partition coefficient (Wildman–Crippen LogP) is 7.56. The summed E-state index contributed by atoms with van der Waals surface area (Å²) in [6, 6.07) is 39.5. The van der Waals surface area contributed by atoms with Crippen LogP contribution in [-0.4, -0.2) is 31.0 Å². The van der Waals surface area contributed by atoms with Crippen LogP contribution >= 0.6 is 0 Å². The summed E-state index contributed by atoms with van der Waals surface area (Å²) in [6.45, 7) is 2.85. The predicted molar refractivity (Wildman–Crippen MR) is 160 cm³/mol. The first kappa shape index (κ1) is 29.7. The fraction of sp³-hybridized carbons (Fsp3) is 0.278. The molecule has 4 aromatic carbocycles. The van der Waals surface area contributed by atoms with Crippen LogP contribution in [0.2, 0.25) is 0 Å². The van der Waals surface area contributed by atoms with E-state index in [-0.39, 0.29) is 19.0 Å². The van der Waals surface area contributed by atoms with E-state index in [2.05, 4.69) is 0 Å². The summed E-state index contributed by atoms with van der Waals surface area (Å²) in [5, 5.41) is 0. The van der Waals surface area contributed by atoms with Crippen molar-refractivity contribution < 1.29 is 28.1 Å². The van der Waals surface area contributed by atoms with Gasteiger partial charge in [0.1, 0.15) is 24.1 Å². The van der Waals surface area contributed by atoms with E-state index in [1.165, 1.54) is 6.92 Å². The molecule has 218 valence electrons. The van der Waals surface area contributed by atoms with E-state index in [0.717, 1.165) is 22.3 Å². The number of benzene rings is 4. The van der Waals surface area contributed by atoms with Gasteiger partial charge in [-0.1, -0.05) is 121 Å². The Morgan fingerprint density at radius 1 is 0.571 bits per heavy atom. The van der Waals surface area contributed by atoms with Gasteiger partial charge < -0.3 is 23.7 Å². The lowest BCUT2D eigenvalue weighted by molar-refractivity contribution is -0.224. The van der Waals surface area contributed by atoms with Crippen molar-refractivity contribution in [1.29, 1.82) is 0 Å². The lowest BCUT2D eigenvalue weighted by Crippen LogP contribution is -2.56. The third kappa shape index (κ3) is 8.37. The van der Waals surface area contributed by atoms with E-state index >= 15 is 4.39 Å². The molecule has 1 aliphatic heterocycles. The van der Waals surface area contributed by atoms with Gasteiger partial charge in [0.25, 0.3) is 0 Å². The van der Waals surface area contributed by atoms with Crippen LogP contribution in [-0.2, 0) is 50.1 Å². The van der Waals surface area contributed by atoms with Crippen LogP contribution in [0.4, 0.5) is 4.39 Å². The minimum atomic E-state index is -0.829. The molecule has 0 N–H and O–H groups in total. The van der Waals surface area contributed by atoms with E-state index in [1.807, 2.05) is 121 Å². The monoisotopic (exact) mass is 568 g/mol. The van der Waals surface area contributed by atoms with E-state index in [4.69, 9.17) is 23.7 Å². The Bertz CT molecular complexity index is 1360. The van der Waals surface area contributed by atoms with Gasteiger partial charge in [0.15, 0.2) is 11.9 Å². The molecule has 1 fully saturated rings. The molecule has 4 atom stereocenters. The fourth-order valence-corrected chi connectivity index (χ4v) is 4.95. The second-order valence-electron chi connectivity index (χ2n) is 10.3. The van der Waals surface area contributed by atoms with Crippen molar-refractivity contribution in [2.45, 2.75) is 57.8 Å². The largest absolute Gasteiger partial charge is 0.484 e. The molecule has 5 rings (SSSR count). The topological polar surface area (TPSA) is 46.2 Å². The van der Waals surface area contributed by atoms with Crippen molar-refractivity contribution in [3.8, 4) is 0 Å². The average Bonchev–Trinajstić information content (AvgIpc) is 3.04. The van der Waals surface area contributed by atoms with E-state index in [9.17, 15) is 0 Å². The maximum Gasteiger partial charge on any atom is 0.159 e. The summed E-state index contributed by atoms with van der Waals surface area (Å²) in [5.41, 5.74) is 4.00. The van der Waals surface area contributed by atoms with Crippen molar-refractivity contribution in [3.63, 3.8) is 0 Å². The molecule has 0 aliphatic carbocycles. The molecular formula is C36H37FO5. The molecule has 5 nitrogen and oxygen atoms in total. The van der Waals surface area contributed by atoms with Gasteiger partial charge in [0.05, 0.1) is 33.0 Å². The van der Waals surface area contributed by atoms with Crippen LogP contribution in [0.25, 0.3) is 0 Å². The molecule has 6 heteroatoms. The van der Waals surface area contributed by atoms with Crippen LogP contribution in [0.5, 0.6) is 0 Å². The Kier molecular flexibility index (Phi) is 10.9. The summed E-state index contributed by atoms with van der Waals surface area (Å²) in [5.74, 6) is -0.354. The zero-order chi connectivity index (χ0) is 29.0. The maximum absolute atomic E-state index is 15.2. The molecule has 4 aromatic rings. The van der Waals surface area contributed by atoms with Crippen LogP contribution in [0.3, 0.4) is 0 Å². The minimum absolute atomic E-state index is 0.108. The molecular weight excluding hydrogens is 531 g/mol. The quantitative estimate of drug-likeness (QED) is 0.167. The number of allylic oxidation sites excluding steroid dienone is 1. The van der Waals surface area contributed by atoms with Gasteiger partial charge in [-0.2, -0.15) is 0 Å². The van der Waals surface area contributed by atoms with Crippen molar-refractivity contribution in [2.24, 2.45) is 0 Å². The van der Waals surface area contributed by atoms with Crippen LogP contribution in [0.1, 0.15) is 29.2 Å². The lowest BCUT2D eigenvalue weighted by atomic mass is 9.96. The van der Waals surface area contributed by atoms with Crippen LogP contribution in [0, 0.1) is 0 Å². The minimum Gasteiger partial charge on any atom is -0.484 e. The molecule has 0 radical (unpaired) electrons. The Morgan fingerprint density at radius 2 is 0.976 bits per heavy atom. The molecule has 1 heterocycles. The second kappa shape index (κ2) is 15.4. The van der Waals surface area contributed by atoms with E-state index in [0.29, 0.717) is 19.8 Å². The van der Waals surface area contributed by atoms with Crippen LogP contribution < -0.4 is 0 Å². The zero-order valence-corrected chi connectivity index (χ0v) is 23.8. The van der Waals surface area contributed by atoms with E-state index in [1.54, 1.807) is 0 Å². The number of halogens is 1. The Hall–Kier alpha value is -3.81. The van der Waals surface area contributed by atoms with Gasteiger partial charge >= 0.3 is 0 Å². The molecule has 0 amide bonds. The Balaban J connectivity index is 1.42. The smallest absolute Gasteiger partial charge is 0.159 e. The summed E-state index contributed by atoms with van der Waals surface area (Å²) >= 11 is 0. The van der Waals surface area contributed by atoms with Crippen molar-refractivity contribution >= 4 is 0 Å². The summed E-state index contributed by atoms with van der Waals surface area (Å²) < 4.78 is 47.1. The second-order valence-corrected chi connectivity index (χ2v) is 10.3. The zero-order valence-electron chi connectivity index (χ0n) is 23.8. The number of hydrogen-bond donors (Lipinski definition) is 0. The number of hydrogen-bond acceptors (Lipinski definition) is 5. The number of rotatable bonds is 13. The van der Waals surface area contributed by atoms with Gasteiger partial charge in [-0.05, 0) is 29.2 Å². The molecule has 0 unspecified atom stereocenters. The van der Waals surface area contributed by atoms with Gasteiger partial charge in [-0.25, -0.2) is 4.39 Å². The normalized spacial score (nSPS) is 21.5. The highest BCUT2D eigenvalue weighted by molar-refractivity contribution is 5.19. The first-order valence-electron chi connectivity index (χ1n) is 14.3. The van der Waals surface area contributed by atoms with Crippen molar-refractivity contribution in [3.05, 3.63) is 155 Å². The third-order valence-corrected chi connectivity index (χ3v) is 7.10. The van der Waals surface area contributed by atoms with Gasteiger partial charge in [0, 0.05) is 0 Å². The highest BCUT2D eigenvalue weighted by atomic mass is 19.1. The van der Waals surface area contributed by atoms with E-state index < -0.39 is 30.2 Å². The molecule has 0 aromatic heterocycles. The van der Waals surface area contributed by atoms with Gasteiger partial charge in [0.2, 0.25) is 0 Å². The van der Waals surface area contributed by atoms with Crippen molar-refractivity contribution in [1.82, 2.24) is 0 Å².